The van der Waals surface area contributed by atoms with Crippen LogP contribution in [0.1, 0.15) is 12.0 Å². The molecule has 0 radical (unpaired) electrons. The van der Waals surface area contributed by atoms with Crippen LogP contribution in [0.3, 0.4) is 0 Å². The maximum Gasteiger partial charge on any atom is 0.348 e. The molecule has 2 rings (SSSR count). The van der Waals surface area contributed by atoms with Gasteiger partial charge < -0.3 is 9.94 Å². The normalized spacial score (nSPS) is 19.1. The van der Waals surface area contributed by atoms with Crippen LogP contribution in [-0.2, 0) is 9.63 Å². The predicted molar refractivity (Wildman–Crippen MR) is 57.8 cm³/mol. The molecule has 1 atom stereocenters. The maximum absolute atomic E-state index is 13.5. The lowest BCUT2D eigenvalue weighted by atomic mass is 10.0. The molecule has 1 aromatic carbocycles. The molecule has 0 amide bonds. The minimum Gasteiger partial charge on any atom is -0.478 e. The maximum atomic E-state index is 13.5. The van der Waals surface area contributed by atoms with Crippen molar-refractivity contribution in [3.8, 4) is 0 Å². The topological polar surface area (TPSA) is 58.9 Å². The number of hydrogen-bond acceptors (Lipinski definition) is 3. The summed E-state index contributed by atoms with van der Waals surface area (Å²) in [4.78, 5) is 15.3. The summed E-state index contributed by atoms with van der Waals surface area (Å²) in [5, 5.41) is 12.3. The van der Waals surface area contributed by atoms with Gasteiger partial charge in [-0.3, -0.25) is 0 Å². The summed E-state index contributed by atoms with van der Waals surface area (Å²) in [6.07, 6.45) is -0.938. The lowest BCUT2D eigenvalue weighted by Gasteiger charge is -2.02. The van der Waals surface area contributed by atoms with E-state index in [9.17, 15) is 9.18 Å². The Labute approximate surface area is 98.8 Å². The third-order valence-electron chi connectivity index (χ3n) is 2.19. The van der Waals surface area contributed by atoms with Gasteiger partial charge in [-0.1, -0.05) is 21.1 Å². The van der Waals surface area contributed by atoms with Gasteiger partial charge >= 0.3 is 5.97 Å². The Kier molecular flexibility index (Phi) is 2.91. The molecule has 1 unspecified atom stereocenters. The number of carboxylic acids is 1. The fourth-order valence-electron chi connectivity index (χ4n) is 1.39. The monoisotopic (exact) mass is 287 g/mol. The molecule has 0 saturated heterocycles. The second-order valence-corrected chi connectivity index (χ2v) is 4.21. The van der Waals surface area contributed by atoms with Crippen LogP contribution in [0.2, 0.25) is 0 Å². The number of oxime groups is 1. The number of aliphatic carboxylic acids is 1. The van der Waals surface area contributed by atoms with Crippen LogP contribution in [0.15, 0.2) is 27.8 Å². The molecule has 0 spiro atoms. The number of benzene rings is 1. The highest BCUT2D eigenvalue weighted by Gasteiger charge is 2.29. The SMILES string of the molecule is O=C(O)C1CC(c2ccc(Br)cc2F)=NO1. The summed E-state index contributed by atoms with van der Waals surface area (Å²) in [7, 11) is 0. The van der Waals surface area contributed by atoms with Gasteiger partial charge in [0.1, 0.15) is 5.82 Å². The highest BCUT2D eigenvalue weighted by atomic mass is 79.9. The molecule has 4 nitrogen and oxygen atoms in total. The van der Waals surface area contributed by atoms with E-state index in [0.717, 1.165) is 0 Å². The van der Waals surface area contributed by atoms with Gasteiger partial charge in [-0.05, 0) is 18.2 Å². The molecular weight excluding hydrogens is 281 g/mol. The number of halogens is 2. The van der Waals surface area contributed by atoms with Gasteiger partial charge in [-0.25, -0.2) is 9.18 Å². The number of rotatable bonds is 2. The van der Waals surface area contributed by atoms with Crippen LogP contribution in [0.4, 0.5) is 4.39 Å². The summed E-state index contributed by atoms with van der Waals surface area (Å²) in [5.41, 5.74) is 0.587. The molecule has 1 aliphatic heterocycles. The molecular formula is C10H7BrFNO3. The van der Waals surface area contributed by atoms with Gasteiger partial charge in [-0.15, -0.1) is 0 Å². The fourth-order valence-corrected chi connectivity index (χ4v) is 1.73. The van der Waals surface area contributed by atoms with Crippen LogP contribution < -0.4 is 0 Å². The molecule has 1 heterocycles. The van der Waals surface area contributed by atoms with Crippen LogP contribution in [0, 0.1) is 5.82 Å². The third-order valence-corrected chi connectivity index (χ3v) is 2.68. The molecule has 1 aliphatic rings. The molecule has 84 valence electrons. The summed E-state index contributed by atoms with van der Waals surface area (Å²) in [6.45, 7) is 0. The first-order chi connectivity index (χ1) is 7.58. The van der Waals surface area contributed by atoms with E-state index in [-0.39, 0.29) is 12.0 Å². The minimum absolute atomic E-state index is 0.0773. The van der Waals surface area contributed by atoms with Gasteiger partial charge in [0.05, 0.1) is 5.71 Å². The lowest BCUT2D eigenvalue weighted by molar-refractivity contribution is -0.148. The Hall–Kier alpha value is -1.43. The summed E-state index contributed by atoms with van der Waals surface area (Å²) in [5.74, 6) is -1.56. The Morgan fingerprint density at radius 2 is 2.38 bits per heavy atom. The molecule has 0 aromatic heterocycles. The van der Waals surface area contributed by atoms with E-state index in [0.29, 0.717) is 10.2 Å². The summed E-state index contributed by atoms with van der Waals surface area (Å²) in [6, 6.07) is 4.49. The zero-order valence-corrected chi connectivity index (χ0v) is 9.57. The van der Waals surface area contributed by atoms with Gasteiger partial charge in [0.25, 0.3) is 0 Å². The molecule has 0 saturated carbocycles. The van der Waals surface area contributed by atoms with Crippen molar-refractivity contribution in [2.45, 2.75) is 12.5 Å². The Balaban J connectivity index is 2.24. The van der Waals surface area contributed by atoms with Crippen LogP contribution >= 0.6 is 15.9 Å². The first-order valence-corrected chi connectivity index (χ1v) is 5.28. The molecule has 1 N–H and O–H groups in total. The van der Waals surface area contributed by atoms with Crippen molar-refractivity contribution in [1.82, 2.24) is 0 Å². The van der Waals surface area contributed by atoms with E-state index in [2.05, 4.69) is 25.9 Å². The zero-order chi connectivity index (χ0) is 11.7. The second kappa shape index (κ2) is 4.21. The number of nitrogens with zero attached hydrogens (tertiary/aromatic N) is 1. The fraction of sp³-hybridized carbons (Fsp3) is 0.200. The van der Waals surface area contributed by atoms with E-state index >= 15 is 0 Å². The molecule has 1 aromatic rings. The van der Waals surface area contributed by atoms with Crippen LogP contribution in [0.25, 0.3) is 0 Å². The van der Waals surface area contributed by atoms with Crippen molar-refractivity contribution >= 4 is 27.6 Å². The average molecular weight is 288 g/mol. The smallest absolute Gasteiger partial charge is 0.348 e. The van der Waals surface area contributed by atoms with Crippen LogP contribution in [0.5, 0.6) is 0 Å². The van der Waals surface area contributed by atoms with Crippen molar-refractivity contribution in [2.24, 2.45) is 5.16 Å². The quantitative estimate of drug-likeness (QED) is 0.907. The highest BCUT2D eigenvalue weighted by Crippen LogP contribution is 2.21. The number of carbonyl (C=O) groups is 1. The Morgan fingerprint density at radius 1 is 1.62 bits per heavy atom. The summed E-state index contributed by atoms with van der Waals surface area (Å²) < 4.78 is 14.1. The standard InChI is InChI=1S/C10H7BrFNO3/c11-5-1-2-6(7(12)3-5)8-4-9(10(14)15)16-13-8/h1-3,9H,4H2,(H,14,15). The Bertz CT molecular complexity index is 475. The van der Waals surface area contributed by atoms with E-state index in [1.54, 1.807) is 6.07 Å². The van der Waals surface area contributed by atoms with E-state index in [4.69, 9.17) is 5.11 Å². The van der Waals surface area contributed by atoms with Gasteiger partial charge in [0.15, 0.2) is 0 Å². The van der Waals surface area contributed by atoms with Crippen molar-refractivity contribution in [1.29, 1.82) is 0 Å². The zero-order valence-electron chi connectivity index (χ0n) is 7.98. The summed E-state index contributed by atoms with van der Waals surface area (Å²) >= 11 is 3.13. The molecule has 6 heteroatoms. The van der Waals surface area contributed by atoms with Gasteiger partial charge in [0.2, 0.25) is 6.10 Å². The van der Waals surface area contributed by atoms with Crippen molar-refractivity contribution in [3.63, 3.8) is 0 Å². The molecule has 16 heavy (non-hydrogen) atoms. The third kappa shape index (κ3) is 2.06. The molecule has 0 bridgehead atoms. The number of hydrogen-bond donors (Lipinski definition) is 1. The minimum atomic E-state index is -1.10. The van der Waals surface area contributed by atoms with Crippen LogP contribution in [-0.4, -0.2) is 22.9 Å². The number of carboxylic acid groups (broad SMARTS) is 1. The average Bonchev–Trinajstić information content (AvgIpc) is 2.66. The van der Waals surface area contributed by atoms with E-state index < -0.39 is 17.9 Å². The molecule has 0 fully saturated rings. The van der Waals surface area contributed by atoms with E-state index in [1.165, 1.54) is 12.1 Å². The van der Waals surface area contributed by atoms with E-state index in [1.807, 2.05) is 0 Å². The predicted octanol–water partition coefficient (Wildman–Crippen LogP) is 2.17. The van der Waals surface area contributed by atoms with Crippen molar-refractivity contribution < 1.29 is 19.1 Å². The second-order valence-electron chi connectivity index (χ2n) is 3.30. The van der Waals surface area contributed by atoms with Crippen molar-refractivity contribution in [2.75, 3.05) is 0 Å². The first kappa shape index (κ1) is 11.1. The largest absolute Gasteiger partial charge is 0.478 e. The highest BCUT2D eigenvalue weighted by molar-refractivity contribution is 9.10. The van der Waals surface area contributed by atoms with Gasteiger partial charge in [-0.2, -0.15) is 0 Å². The lowest BCUT2D eigenvalue weighted by Crippen LogP contribution is -2.20. The van der Waals surface area contributed by atoms with Crippen molar-refractivity contribution in [3.05, 3.63) is 34.1 Å². The molecule has 0 aliphatic carbocycles. The first-order valence-electron chi connectivity index (χ1n) is 4.49. The Morgan fingerprint density at radius 3 is 2.94 bits per heavy atom. The van der Waals surface area contributed by atoms with Gasteiger partial charge in [0, 0.05) is 16.5 Å².